The molecule has 1 N–H and O–H groups in total. The van der Waals surface area contributed by atoms with Gasteiger partial charge in [0.1, 0.15) is 0 Å². The maximum Gasteiger partial charge on any atom is 0.0700 e. The topological polar surface area (TPSA) is 24.5 Å². The lowest BCUT2D eigenvalue weighted by atomic mass is 10.0. The van der Waals surface area contributed by atoms with Gasteiger partial charge in [-0.15, -0.1) is 0 Å². The molecule has 0 aromatic heterocycles. The van der Waals surface area contributed by atoms with Gasteiger partial charge >= 0.3 is 0 Å². The summed E-state index contributed by atoms with van der Waals surface area (Å²) in [6, 6.07) is 8.61. The smallest absolute Gasteiger partial charge is 0.0700 e. The van der Waals surface area contributed by atoms with Gasteiger partial charge in [0.25, 0.3) is 0 Å². The highest BCUT2D eigenvalue weighted by Crippen LogP contribution is 2.20. The van der Waals surface area contributed by atoms with E-state index in [0.29, 0.717) is 12.1 Å². The van der Waals surface area contributed by atoms with Gasteiger partial charge in [0.05, 0.1) is 12.7 Å². The predicted molar refractivity (Wildman–Crippen MR) is 89.0 cm³/mol. The molecule has 2 rings (SSSR count). The number of benzene rings is 1. The molecule has 118 valence electrons. The highest BCUT2D eigenvalue weighted by molar-refractivity contribution is 6.30. The molecule has 21 heavy (non-hydrogen) atoms. The average Bonchev–Trinajstić information content (AvgIpc) is 2.52. The highest BCUT2D eigenvalue weighted by atomic mass is 35.5. The number of nitrogens with zero attached hydrogens (tertiary/aromatic N) is 1. The highest BCUT2D eigenvalue weighted by Gasteiger charge is 2.20. The predicted octanol–water partition coefficient (Wildman–Crippen LogP) is 3.49. The summed E-state index contributed by atoms with van der Waals surface area (Å²) in [5, 5.41) is 4.38. The first-order chi connectivity index (χ1) is 10.2. The minimum absolute atomic E-state index is 0.398. The molecule has 1 aliphatic heterocycles. The summed E-state index contributed by atoms with van der Waals surface area (Å²) in [6.45, 7) is 9.43. The fourth-order valence-electron chi connectivity index (χ4n) is 2.87. The van der Waals surface area contributed by atoms with Crippen LogP contribution < -0.4 is 5.32 Å². The second-order valence-corrected chi connectivity index (χ2v) is 6.09. The van der Waals surface area contributed by atoms with Gasteiger partial charge in [0.15, 0.2) is 0 Å². The monoisotopic (exact) mass is 310 g/mol. The van der Waals surface area contributed by atoms with E-state index in [1.165, 1.54) is 5.56 Å². The number of hydrogen-bond donors (Lipinski definition) is 1. The van der Waals surface area contributed by atoms with Gasteiger partial charge in [0.2, 0.25) is 0 Å². The molecule has 0 bridgehead atoms. The van der Waals surface area contributed by atoms with Gasteiger partial charge in [-0.1, -0.05) is 37.6 Å². The van der Waals surface area contributed by atoms with Crippen LogP contribution in [0.25, 0.3) is 0 Å². The molecule has 1 aromatic rings. The number of ether oxygens (including phenoxy) is 1. The van der Waals surface area contributed by atoms with Crippen LogP contribution in [0.4, 0.5) is 0 Å². The summed E-state index contributed by atoms with van der Waals surface area (Å²) in [7, 11) is 0. The van der Waals surface area contributed by atoms with E-state index in [0.717, 1.165) is 50.7 Å². The molecular formula is C17H27ClN2O. The van der Waals surface area contributed by atoms with Crippen LogP contribution in [-0.2, 0) is 4.74 Å². The molecule has 1 aromatic carbocycles. The normalized spacial score (nSPS) is 21.4. The zero-order valence-corrected chi connectivity index (χ0v) is 13.9. The third-order valence-corrected chi connectivity index (χ3v) is 4.39. The number of morpholine rings is 1. The van der Waals surface area contributed by atoms with E-state index >= 15 is 0 Å². The largest absolute Gasteiger partial charge is 0.376 e. The van der Waals surface area contributed by atoms with E-state index in [1.54, 1.807) is 0 Å². The zero-order chi connectivity index (χ0) is 15.1. The number of halogens is 1. The quantitative estimate of drug-likeness (QED) is 0.834. The van der Waals surface area contributed by atoms with Gasteiger partial charge in [-0.2, -0.15) is 0 Å². The van der Waals surface area contributed by atoms with Crippen LogP contribution in [0.3, 0.4) is 0 Å². The Balaban J connectivity index is 1.89. The number of nitrogens with one attached hydrogen (secondary N) is 1. The lowest BCUT2D eigenvalue weighted by molar-refractivity contribution is -0.0305. The number of rotatable bonds is 7. The van der Waals surface area contributed by atoms with Crippen LogP contribution in [0.15, 0.2) is 24.3 Å². The van der Waals surface area contributed by atoms with Crippen LogP contribution in [0, 0.1) is 0 Å². The van der Waals surface area contributed by atoms with E-state index in [4.69, 9.17) is 16.3 Å². The molecule has 0 amide bonds. The Labute approximate surface area is 133 Å². The molecule has 0 aliphatic carbocycles. The van der Waals surface area contributed by atoms with Gasteiger partial charge in [-0.05, 0) is 37.1 Å². The van der Waals surface area contributed by atoms with Crippen molar-refractivity contribution in [1.29, 1.82) is 0 Å². The van der Waals surface area contributed by atoms with Crippen molar-refractivity contribution in [3.63, 3.8) is 0 Å². The standard InChI is InChI=1S/C17H27ClN2O/c1-3-16-13-20(11-12-21-16)10-9-17(19-4-2)14-5-7-15(18)8-6-14/h5-8,16-17,19H,3-4,9-13H2,1-2H3. The Morgan fingerprint density at radius 2 is 2.10 bits per heavy atom. The van der Waals surface area contributed by atoms with Crippen LogP contribution in [0.2, 0.25) is 5.02 Å². The lowest BCUT2D eigenvalue weighted by Gasteiger charge is -2.33. The van der Waals surface area contributed by atoms with Gasteiger partial charge < -0.3 is 10.1 Å². The van der Waals surface area contributed by atoms with Crippen molar-refractivity contribution in [1.82, 2.24) is 10.2 Å². The molecule has 0 saturated carbocycles. The second kappa shape index (κ2) is 8.74. The molecule has 2 atom stereocenters. The Kier molecular flexibility index (Phi) is 6.97. The Morgan fingerprint density at radius 3 is 2.76 bits per heavy atom. The fourth-order valence-corrected chi connectivity index (χ4v) is 3.00. The summed E-state index contributed by atoms with van der Waals surface area (Å²) >= 11 is 5.98. The van der Waals surface area contributed by atoms with Crippen molar-refractivity contribution in [2.75, 3.05) is 32.8 Å². The first-order valence-electron chi connectivity index (χ1n) is 8.05. The summed E-state index contributed by atoms with van der Waals surface area (Å²) in [5.74, 6) is 0. The maximum atomic E-state index is 5.98. The Bertz CT molecular complexity index is 410. The van der Waals surface area contributed by atoms with Crippen molar-refractivity contribution >= 4 is 11.6 Å². The SMILES string of the molecule is CCNC(CCN1CCOC(CC)C1)c1ccc(Cl)cc1. The molecule has 3 nitrogen and oxygen atoms in total. The Morgan fingerprint density at radius 1 is 1.33 bits per heavy atom. The molecule has 0 spiro atoms. The van der Waals surface area contributed by atoms with Crippen molar-refractivity contribution in [2.24, 2.45) is 0 Å². The molecular weight excluding hydrogens is 284 g/mol. The van der Waals surface area contributed by atoms with E-state index in [9.17, 15) is 0 Å². The molecule has 1 aliphatic rings. The van der Waals surface area contributed by atoms with Crippen LogP contribution in [-0.4, -0.2) is 43.8 Å². The molecule has 1 fully saturated rings. The van der Waals surface area contributed by atoms with Crippen molar-refractivity contribution in [3.05, 3.63) is 34.9 Å². The van der Waals surface area contributed by atoms with Crippen molar-refractivity contribution in [3.8, 4) is 0 Å². The molecule has 1 heterocycles. The van der Waals surface area contributed by atoms with E-state index in [-0.39, 0.29) is 0 Å². The maximum absolute atomic E-state index is 5.98. The Hall–Kier alpha value is -0.610. The van der Waals surface area contributed by atoms with Gasteiger partial charge in [-0.25, -0.2) is 0 Å². The third-order valence-electron chi connectivity index (χ3n) is 4.14. The molecule has 2 unspecified atom stereocenters. The van der Waals surface area contributed by atoms with E-state index < -0.39 is 0 Å². The van der Waals surface area contributed by atoms with Crippen molar-refractivity contribution in [2.45, 2.75) is 38.8 Å². The number of hydrogen-bond acceptors (Lipinski definition) is 3. The summed E-state index contributed by atoms with van der Waals surface area (Å²) < 4.78 is 5.74. The van der Waals surface area contributed by atoms with E-state index in [1.807, 2.05) is 12.1 Å². The van der Waals surface area contributed by atoms with Crippen LogP contribution in [0.5, 0.6) is 0 Å². The minimum atomic E-state index is 0.398. The van der Waals surface area contributed by atoms with Crippen LogP contribution >= 0.6 is 11.6 Å². The first-order valence-corrected chi connectivity index (χ1v) is 8.43. The summed E-state index contributed by atoms with van der Waals surface area (Å²) in [6.07, 6.45) is 2.63. The first kappa shape index (κ1) is 16.8. The second-order valence-electron chi connectivity index (χ2n) is 5.65. The van der Waals surface area contributed by atoms with Crippen molar-refractivity contribution < 1.29 is 4.74 Å². The fraction of sp³-hybridized carbons (Fsp3) is 0.647. The third kappa shape index (κ3) is 5.26. The van der Waals surface area contributed by atoms with Gasteiger partial charge in [-0.3, -0.25) is 4.90 Å². The van der Waals surface area contributed by atoms with E-state index in [2.05, 4.69) is 36.2 Å². The lowest BCUT2D eigenvalue weighted by Crippen LogP contribution is -2.43. The molecule has 1 saturated heterocycles. The van der Waals surface area contributed by atoms with Gasteiger partial charge in [0, 0.05) is 30.7 Å². The zero-order valence-electron chi connectivity index (χ0n) is 13.1. The molecule has 4 heteroatoms. The molecule has 0 radical (unpaired) electrons. The average molecular weight is 311 g/mol. The minimum Gasteiger partial charge on any atom is -0.376 e. The summed E-state index contributed by atoms with van der Waals surface area (Å²) in [5.41, 5.74) is 1.32. The van der Waals surface area contributed by atoms with Crippen LogP contribution in [0.1, 0.15) is 38.3 Å². The summed E-state index contributed by atoms with van der Waals surface area (Å²) in [4.78, 5) is 2.53.